The Hall–Kier alpha value is -3.87. The molecule has 0 radical (unpaired) electrons. The van der Waals surface area contributed by atoms with Crippen LogP contribution in [0, 0.1) is 0 Å². The standard InChI is InChI=1S/C22H21N5O2/c1-29-18-10-6-5-9-17(18)21-22(27-14-13-23-15-19(27)26-21)24-12-11-20(28)25-16-7-3-2-4-8-16/h2-10,13-15,24H,11-12H2,1H3,(H,25,28). The van der Waals surface area contributed by atoms with Gasteiger partial charge in [-0.05, 0) is 24.3 Å². The Balaban J connectivity index is 1.56. The summed E-state index contributed by atoms with van der Waals surface area (Å²) in [6, 6.07) is 17.1. The first kappa shape index (κ1) is 18.5. The second-order valence-corrected chi connectivity index (χ2v) is 6.40. The number of hydrogen-bond donors (Lipinski definition) is 2. The van der Waals surface area contributed by atoms with Gasteiger partial charge in [0.05, 0.1) is 13.3 Å². The highest BCUT2D eigenvalue weighted by Crippen LogP contribution is 2.34. The fourth-order valence-electron chi connectivity index (χ4n) is 3.14. The van der Waals surface area contributed by atoms with Crippen molar-refractivity contribution in [2.45, 2.75) is 6.42 Å². The predicted octanol–water partition coefficient (Wildman–Crippen LogP) is 3.85. The average Bonchev–Trinajstić information content (AvgIpc) is 3.13. The zero-order chi connectivity index (χ0) is 20.1. The number of benzene rings is 2. The van der Waals surface area contributed by atoms with E-state index < -0.39 is 0 Å². The zero-order valence-corrected chi connectivity index (χ0v) is 16.0. The summed E-state index contributed by atoms with van der Waals surface area (Å²) in [5, 5.41) is 6.25. The highest BCUT2D eigenvalue weighted by Gasteiger charge is 2.17. The number of amides is 1. The van der Waals surface area contributed by atoms with Crippen LogP contribution in [0.2, 0.25) is 0 Å². The van der Waals surface area contributed by atoms with Crippen LogP contribution in [0.25, 0.3) is 16.9 Å². The second-order valence-electron chi connectivity index (χ2n) is 6.40. The number of hydrogen-bond acceptors (Lipinski definition) is 5. The fourth-order valence-corrected chi connectivity index (χ4v) is 3.14. The summed E-state index contributed by atoms with van der Waals surface area (Å²) in [7, 11) is 1.64. The molecule has 2 N–H and O–H groups in total. The zero-order valence-electron chi connectivity index (χ0n) is 16.0. The lowest BCUT2D eigenvalue weighted by molar-refractivity contribution is -0.115. The van der Waals surface area contributed by atoms with Gasteiger partial charge >= 0.3 is 0 Å². The summed E-state index contributed by atoms with van der Waals surface area (Å²) in [5.74, 6) is 1.46. The van der Waals surface area contributed by atoms with Crippen molar-refractivity contribution in [2.24, 2.45) is 0 Å². The lowest BCUT2D eigenvalue weighted by Crippen LogP contribution is -2.17. The van der Waals surface area contributed by atoms with Gasteiger partial charge in [0.25, 0.3) is 0 Å². The largest absolute Gasteiger partial charge is 0.496 e. The topological polar surface area (TPSA) is 80.6 Å². The van der Waals surface area contributed by atoms with Gasteiger partial charge < -0.3 is 15.4 Å². The average molecular weight is 387 g/mol. The van der Waals surface area contributed by atoms with Gasteiger partial charge in [-0.1, -0.05) is 30.3 Å². The number of ether oxygens (including phenoxy) is 1. The van der Waals surface area contributed by atoms with E-state index in [9.17, 15) is 4.79 Å². The van der Waals surface area contributed by atoms with Gasteiger partial charge in [-0.2, -0.15) is 0 Å². The number of carbonyl (C=O) groups excluding carboxylic acids is 1. The van der Waals surface area contributed by atoms with Gasteiger partial charge in [0.2, 0.25) is 5.91 Å². The Morgan fingerprint density at radius 1 is 1.10 bits per heavy atom. The summed E-state index contributed by atoms with van der Waals surface area (Å²) in [4.78, 5) is 21.1. The van der Waals surface area contributed by atoms with Crippen molar-refractivity contribution in [1.82, 2.24) is 14.4 Å². The van der Waals surface area contributed by atoms with E-state index in [4.69, 9.17) is 9.72 Å². The van der Waals surface area contributed by atoms with Crippen LogP contribution in [0.15, 0.2) is 73.2 Å². The van der Waals surface area contributed by atoms with Crippen LogP contribution in [0.4, 0.5) is 11.5 Å². The number of anilines is 2. The lowest BCUT2D eigenvalue weighted by atomic mass is 10.1. The molecule has 0 aliphatic carbocycles. The third-order valence-electron chi connectivity index (χ3n) is 4.49. The molecule has 0 aliphatic rings. The van der Waals surface area contributed by atoms with Crippen LogP contribution >= 0.6 is 0 Å². The molecule has 2 aromatic heterocycles. The molecule has 29 heavy (non-hydrogen) atoms. The third kappa shape index (κ3) is 4.03. The van der Waals surface area contributed by atoms with Crippen LogP contribution in [-0.2, 0) is 4.79 Å². The van der Waals surface area contributed by atoms with E-state index in [1.54, 1.807) is 19.5 Å². The van der Waals surface area contributed by atoms with Crippen molar-refractivity contribution in [2.75, 3.05) is 24.3 Å². The van der Waals surface area contributed by atoms with E-state index in [1.165, 1.54) is 0 Å². The minimum absolute atomic E-state index is 0.0574. The molecule has 2 aromatic carbocycles. The molecule has 0 saturated heterocycles. The number of aromatic nitrogens is 3. The molecule has 7 heteroatoms. The van der Waals surface area contributed by atoms with Crippen LogP contribution in [0.3, 0.4) is 0 Å². The van der Waals surface area contributed by atoms with Crippen molar-refractivity contribution >= 4 is 23.1 Å². The maximum atomic E-state index is 12.3. The van der Waals surface area contributed by atoms with E-state index in [-0.39, 0.29) is 5.91 Å². The van der Waals surface area contributed by atoms with E-state index >= 15 is 0 Å². The summed E-state index contributed by atoms with van der Waals surface area (Å²) in [5.41, 5.74) is 3.12. The number of fused-ring (bicyclic) bond motifs is 1. The van der Waals surface area contributed by atoms with Crippen molar-refractivity contribution in [1.29, 1.82) is 0 Å². The minimum atomic E-state index is -0.0574. The first-order valence-corrected chi connectivity index (χ1v) is 9.30. The molecule has 0 fully saturated rings. The molecule has 0 bridgehead atoms. The van der Waals surface area contributed by atoms with E-state index in [0.717, 1.165) is 28.5 Å². The molecule has 0 atom stereocenters. The Morgan fingerprint density at radius 3 is 2.72 bits per heavy atom. The molecule has 146 valence electrons. The van der Waals surface area contributed by atoms with E-state index in [1.807, 2.05) is 65.2 Å². The summed E-state index contributed by atoms with van der Waals surface area (Å²) in [6.07, 6.45) is 5.56. The van der Waals surface area contributed by atoms with Crippen LogP contribution in [0.5, 0.6) is 5.75 Å². The van der Waals surface area contributed by atoms with E-state index in [2.05, 4.69) is 15.6 Å². The highest BCUT2D eigenvalue weighted by molar-refractivity contribution is 5.91. The Labute approximate surface area is 168 Å². The highest BCUT2D eigenvalue weighted by atomic mass is 16.5. The summed E-state index contributed by atoms with van der Waals surface area (Å²) < 4.78 is 7.42. The molecular formula is C22H21N5O2. The van der Waals surface area contributed by atoms with Crippen LogP contribution < -0.4 is 15.4 Å². The van der Waals surface area contributed by atoms with Gasteiger partial charge in [-0.3, -0.25) is 14.2 Å². The molecule has 4 aromatic rings. The van der Waals surface area contributed by atoms with Crippen molar-refractivity contribution < 1.29 is 9.53 Å². The SMILES string of the molecule is COc1ccccc1-c1nc2cnccn2c1NCCC(=O)Nc1ccccc1. The molecule has 0 saturated carbocycles. The number of nitrogens with one attached hydrogen (secondary N) is 2. The number of imidazole rings is 1. The fraction of sp³-hybridized carbons (Fsp3) is 0.136. The molecule has 0 unspecified atom stereocenters. The molecule has 0 aliphatic heterocycles. The first-order chi connectivity index (χ1) is 14.3. The quantitative estimate of drug-likeness (QED) is 0.504. The number of methoxy groups -OCH3 is 1. The number of carbonyl (C=O) groups is 1. The van der Waals surface area contributed by atoms with E-state index in [0.29, 0.717) is 18.6 Å². The smallest absolute Gasteiger partial charge is 0.226 e. The molecule has 0 spiro atoms. The maximum absolute atomic E-state index is 12.3. The van der Waals surface area contributed by atoms with Gasteiger partial charge in [-0.15, -0.1) is 0 Å². The second kappa shape index (κ2) is 8.43. The Morgan fingerprint density at radius 2 is 1.90 bits per heavy atom. The van der Waals surface area contributed by atoms with Crippen molar-refractivity contribution in [3.63, 3.8) is 0 Å². The number of rotatable bonds is 7. The normalized spacial score (nSPS) is 10.7. The van der Waals surface area contributed by atoms with Gasteiger partial charge in [0, 0.05) is 36.6 Å². The minimum Gasteiger partial charge on any atom is -0.496 e. The molecule has 7 nitrogen and oxygen atoms in total. The predicted molar refractivity (Wildman–Crippen MR) is 113 cm³/mol. The molecule has 2 heterocycles. The molecule has 1 amide bonds. The Bertz CT molecular complexity index is 1120. The summed E-state index contributed by atoms with van der Waals surface area (Å²) >= 11 is 0. The molecular weight excluding hydrogens is 366 g/mol. The van der Waals surface area contributed by atoms with Gasteiger partial charge in [-0.25, -0.2) is 4.98 Å². The van der Waals surface area contributed by atoms with Gasteiger partial charge in [0.15, 0.2) is 5.65 Å². The van der Waals surface area contributed by atoms with Gasteiger partial charge in [0.1, 0.15) is 17.3 Å². The maximum Gasteiger partial charge on any atom is 0.226 e. The van der Waals surface area contributed by atoms with Crippen LogP contribution in [-0.4, -0.2) is 33.9 Å². The van der Waals surface area contributed by atoms with Crippen LogP contribution in [0.1, 0.15) is 6.42 Å². The van der Waals surface area contributed by atoms with Crippen molar-refractivity contribution in [3.8, 4) is 17.0 Å². The first-order valence-electron chi connectivity index (χ1n) is 9.30. The van der Waals surface area contributed by atoms with Crippen molar-refractivity contribution in [3.05, 3.63) is 73.2 Å². The monoisotopic (exact) mass is 387 g/mol. The number of para-hydroxylation sites is 2. The lowest BCUT2D eigenvalue weighted by Gasteiger charge is -2.11. The third-order valence-corrected chi connectivity index (χ3v) is 4.49. The Kier molecular flexibility index (Phi) is 5.38. The summed E-state index contributed by atoms with van der Waals surface area (Å²) in [6.45, 7) is 0.455. The molecule has 4 rings (SSSR count). The number of nitrogens with zero attached hydrogens (tertiary/aromatic N) is 3.